The molecule has 28 heavy (non-hydrogen) atoms. The van der Waals surface area contributed by atoms with Crippen LogP contribution in [0.5, 0.6) is 0 Å². The number of carbonyl (C=O) groups is 1. The van der Waals surface area contributed by atoms with E-state index in [4.69, 9.17) is 11.6 Å². The average molecular weight is 399 g/mol. The van der Waals surface area contributed by atoms with Crippen LogP contribution in [0.15, 0.2) is 48.5 Å². The molecule has 0 saturated heterocycles. The Morgan fingerprint density at radius 1 is 1.18 bits per heavy atom. The molecule has 5 nitrogen and oxygen atoms in total. The van der Waals surface area contributed by atoms with Crippen LogP contribution in [-0.4, -0.2) is 26.2 Å². The van der Waals surface area contributed by atoms with E-state index >= 15 is 0 Å². The van der Waals surface area contributed by atoms with Gasteiger partial charge in [0, 0.05) is 6.42 Å². The van der Waals surface area contributed by atoms with E-state index in [-0.39, 0.29) is 12.2 Å². The number of aryl methyl sites for hydroxylation is 1. The number of nitrogens with zero attached hydrogens (tertiary/aromatic N) is 1. The van der Waals surface area contributed by atoms with Crippen LogP contribution in [0.2, 0.25) is 0 Å². The maximum absolute atomic E-state index is 11.4. The third-order valence-electron chi connectivity index (χ3n) is 4.70. The van der Waals surface area contributed by atoms with E-state index in [1.54, 1.807) is 18.2 Å². The lowest BCUT2D eigenvalue weighted by Crippen LogP contribution is -2.00. The van der Waals surface area contributed by atoms with E-state index in [0.29, 0.717) is 17.0 Å². The number of hydrogen-bond donors (Lipinski definition) is 3. The van der Waals surface area contributed by atoms with Crippen molar-refractivity contribution in [2.45, 2.75) is 38.2 Å². The van der Waals surface area contributed by atoms with E-state index < -0.39 is 11.3 Å². The molecule has 0 aliphatic heterocycles. The number of alkyl halides is 1. The molecule has 0 aliphatic carbocycles. The van der Waals surface area contributed by atoms with Crippen LogP contribution in [0.4, 0.5) is 0 Å². The van der Waals surface area contributed by atoms with Crippen molar-refractivity contribution in [1.82, 2.24) is 9.97 Å². The molecule has 0 spiro atoms. The summed E-state index contributed by atoms with van der Waals surface area (Å²) in [6, 6.07) is 14.3. The molecule has 0 fully saturated rings. The number of aromatic carboxylic acids is 1. The number of aliphatic hydroxyl groups excluding tert-OH is 1. The SMILES string of the molecule is CCCCc1nc(C(Cl)c2ccc(-c3ccccc3C(=O)O)cc2)c(CO)[nH]1. The van der Waals surface area contributed by atoms with Gasteiger partial charge in [0.2, 0.25) is 0 Å². The van der Waals surface area contributed by atoms with Gasteiger partial charge in [-0.2, -0.15) is 0 Å². The van der Waals surface area contributed by atoms with Crippen molar-refractivity contribution in [2.75, 3.05) is 0 Å². The molecule has 1 atom stereocenters. The van der Waals surface area contributed by atoms with E-state index in [1.165, 1.54) is 0 Å². The summed E-state index contributed by atoms with van der Waals surface area (Å²) in [5.74, 6) is -0.128. The fourth-order valence-corrected chi connectivity index (χ4v) is 3.51. The molecule has 0 aliphatic rings. The summed E-state index contributed by atoms with van der Waals surface area (Å²) in [7, 11) is 0. The first kappa shape index (κ1) is 20.1. The third kappa shape index (κ3) is 4.26. The van der Waals surface area contributed by atoms with Crippen molar-refractivity contribution >= 4 is 17.6 Å². The number of aromatic nitrogens is 2. The van der Waals surface area contributed by atoms with Crippen LogP contribution in [0.3, 0.4) is 0 Å². The Kier molecular flexibility index (Phi) is 6.49. The van der Waals surface area contributed by atoms with Gasteiger partial charge in [-0.3, -0.25) is 0 Å². The predicted octanol–water partition coefficient (Wildman–Crippen LogP) is 4.94. The summed E-state index contributed by atoms with van der Waals surface area (Å²) in [6.07, 6.45) is 2.90. The zero-order chi connectivity index (χ0) is 20.1. The van der Waals surface area contributed by atoms with Crippen LogP contribution in [0.25, 0.3) is 11.1 Å². The molecular weight excluding hydrogens is 376 g/mol. The minimum absolute atomic E-state index is 0.151. The number of hydrogen-bond acceptors (Lipinski definition) is 3. The first-order valence-corrected chi connectivity index (χ1v) is 9.74. The molecule has 146 valence electrons. The van der Waals surface area contributed by atoms with E-state index in [0.717, 1.165) is 36.2 Å². The number of benzene rings is 2. The maximum atomic E-state index is 11.4. The molecule has 0 amide bonds. The highest BCUT2D eigenvalue weighted by atomic mass is 35.5. The second kappa shape index (κ2) is 9.04. The predicted molar refractivity (Wildman–Crippen MR) is 110 cm³/mol. The van der Waals surface area contributed by atoms with Gasteiger partial charge in [0.15, 0.2) is 0 Å². The van der Waals surface area contributed by atoms with Crippen LogP contribution >= 0.6 is 11.6 Å². The summed E-state index contributed by atoms with van der Waals surface area (Å²) in [5.41, 5.74) is 3.82. The molecule has 6 heteroatoms. The molecule has 3 rings (SSSR count). The molecule has 3 aromatic rings. The van der Waals surface area contributed by atoms with Crippen molar-refractivity contribution in [2.24, 2.45) is 0 Å². The molecule has 2 aromatic carbocycles. The highest BCUT2D eigenvalue weighted by Crippen LogP contribution is 2.32. The molecule has 1 aromatic heterocycles. The van der Waals surface area contributed by atoms with Gasteiger partial charge < -0.3 is 15.2 Å². The number of aromatic amines is 1. The number of unbranched alkanes of at least 4 members (excludes halogenated alkanes) is 1. The highest BCUT2D eigenvalue weighted by molar-refractivity contribution is 6.22. The Hall–Kier alpha value is -2.63. The first-order chi connectivity index (χ1) is 13.5. The number of aliphatic hydroxyl groups is 1. The van der Waals surface area contributed by atoms with E-state index in [1.807, 2.05) is 30.3 Å². The third-order valence-corrected chi connectivity index (χ3v) is 5.16. The lowest BCUT2D eigenvalue weighted by Gasteiger charge is -2.11. The smallest absolute Gasteiger partial charge is 0.336 e. The fourth-order valence-electron chi connectivity index (χ4n) is 3.18. The van der Waals surface area contributed by atoms with Crippen molar-refractivity contribution in [3.63, 3.8) is 0 Å². The Bertz CT molecular complexity index is 951. The minimum Gasteiger partial charge on any atom is -0.478 e. The standard InChI is InChI=1S/C22H23ClN2O3/c1-2-3-8-19-24-18(13-26)21(25-19)20(23)15-11-9-14(10-12-15)16-6-4-5-7-17(16)22(27)28/h4-7,9-12,20,26H,2-3,8,13H2,1H3,(H,24,25)(H,27,28). The second-order valence-electron chi connectivity index (χ2n) is 6.64. The van der Waals surface area contributed by atoms with Crippen LogP contribution in [-0.2, 0) is 13.0 Å². The zero-order valence-electron chi connectivity index (χ0n) is 15.7. The number of nitrogens with one attached hydrogen (secondary N) is 1. The fraction of sp³-hybridized carbons (Fsp3) is 0.273. The van der Waals surface area contributed by atoms with Gasteiger partial charge in [-0.15, -0.1) is 11.6 Å². The Balaban J connectivity index is 1.88. The van der Waals surface area contributed by atoms with Gasteiger partial charge in [-0.1, -0.05) is 55.8 Å². The Morgan fingerprint density at radius 3 is 2.54 bits per heavy atom. The van der Waals surface area contributed by atoms with Crippen LogP contribution in [0.1, 0.15) is 58.3 Å². The zero-order valence-corrected chi connectivity index (χ0v) is 16.4. The summed E-state index contributed by atoms with van der Waals surface area (Å²) in [5, 5.41) is 18.5. The van der Waals surface area contributed by atoms with Crippen molar-refractivity contribution in [3.8, 4) is 11.1 Å². The summed E-state index contributed by atoms with van der Waals surface area (Å²) >= 11 is 6.66. The molecule has 0 radical (unpaired) electrons. The number of carboxylic acid groups (broad SMARTS) is 1. The van der Waals surface area contributed by atoms with Gasteiger partial charge in [-0.05, 0) is 29.2 Å². The first-order valence-electron chi connectivity index (χ1n) is 9.30. The minimum atomic E-state index is -0.960. The molecule has 1 heterocycles. The number of H-pyrrole nitrogens is 1. The van der Waals surface area contributed by atoms with Gasteiger partial charge in [0.25, 0.3) is 0 Å². The second-order valence-corrected chi connectivity index (χ2v) is 7.08. The summed E-state index contributed by atoms with van der Waals surface area (Å²) in [4.78, 5) is 19.2. The Labute approximate surface area is 169 Å². The molecule has 0 bridgehead atoms. The lowest BCUT2D eigenvalue weighted by molar-refractivity contribution is 0.0697. The summed E-state index contributed by atoms with van der Waals surface area (Å²) in [6.45, 7) is 1.97. The van der Waals surface area contributed by atoms with Gasteiger partial charge in [0.05, 0.1) is 23.6 Å². The number of rotatable bonds is 8. The topological polar surface area (TPSA) is 86.2 Å². The molecular formula is C22H23ClN2O3. The number of imidazole rings is 1. The van der Waals surface area contributed by atoms with Gasteiger partial charge in [-0.25, -0.2) is 9.78 Å². The van der Waals surface area contributed by atoms with Gasteiger partial charge in [0.1, 0.15) is 11.2 Å². The number of carboxylic acids is 1. The lowest BCUT2D eigenvalue weighted by atomic mass is 9.97. The van der Waals surface area contributed by atoms with Crippen molar-refractivity contribution in [1.29, 1.82) is 0 Å². The molecule has 1 unspecified atom stereocenters. The van der Waals surface area contributed by atoms with E-state index in [2.05, 4.69) is 16.9 Å². The largest absolute Gasteiger partial charge is 0.478 e. The monoisotopic (exact) mass is 398 g/mol. The normalized spacial score (nSPS) is 12.1. The molecule has 0 saturated carbocycles. The van der Waals surface area contributed by atoms with Crippen LogP contribution in [0, 0.1) is 0 Å². The van der Waals surface area contributed by atoms with Crippen molar-refractivity contribution in [3.05, 3.63) is 76.9 Å². The quantitative estimate of drug-likeness (QED) is 0.469. The number of halogens is 1. The molecule has 3 N–H and O–H groups in total. The van der Waals surface area contributed by atoms with Crippen molar-refractivity contribution < 1.29 is 15.0 Å². The summed E-state index contributed by atoms with van der Waals surface area (Å²) < 4.78 is 0. The highest BCUT2D eigenvalue weighted by Gasteiger charge is 2.20. The average Bonchev–Trinajstić information content (AvgIpc) is 3.15. The van der Waals surface area contributed by atoms with Gasteiger partial charge >= 0.3 is 5.97 Å². The Morgan fingerprint density at radius 2 is 1.89 bits per heavy atom. The van der Waals surface area contributed by atoms with Crippen LogP contribution < -0.4 is 0 Å². The van der Waals surface area contributed by atoms with E-state index in [9.17, 15) is 15.0 Å². The maximum Gasteiger partial charge on any atom is 0.336 e.